The minimum absolute atomic E-state index is 0.334. The van der Waals surface area contributed by atoms with Crippen LogP contribution in [0.15, 0.2) is 24.3 Å². The van der Waals surface area contributed by atoms with Crippen molar-refractivity contribution in [2.45, 2.75) is 157 Å². The van der Waals surface area contributed by atoms with Crippen LogP contribution in [0, 0.1) is 41.1 Å². The zero-order valence-corrected chi connectivity index (χ0v) is 27.7. The highest BCUT2D eigenvalue weighted by Gasteiger charge is 2.45. The van der Waals surface area contributed by atoms with Crippen molar-refractivity contribution in [2.24, 2.45) is 23.7 Å². The summed E-state index contributed by atoms with van der Waals surface area (Å²) in [7, 11) is 0. The lowest BCUT2D eigenvalue weighted by Gasteiger charge is -2.39. The van der Waals surface area contributed by atoms with E-state index in [0.29, 0.717) is 36.8 Å². The lowest BCUT2D eigenvalue weighted by atomic mass is 9.68. The Kier molecular flexibility index (Phi) is 22.9. The van der Waals surface area contributed by atoms with E-state index in [2.05, 4.69) is 39.4 Å². The van der Waals surface area contributed by atoms with Crippen molar-refractivity contribution >= 4 is 0 Å². The summed E-state index contributed by atoms with van der Waals surface area (Å²) in [6.07, 6.45) is 18.0. The third-order valence-corrected chi connectivity index (χ3v) is 8.57. The average Bonchev–Trinajstić information content (AvgIpc) is 3.00. The van der Waals surface area contributed by atoms with Gasteiger partial charge >= 0.3 is 6.11 Å². The summed E-state index contributed by atoms with van der Waals surface area (Å²) in [5.41, 5.74) is 0. The van der Waals surface area contributed by atoms with Crippen LogP contribution in [-0.4, -0.2) is 6.11 Å². The summed E-state index contributed by atoms with van der Waals surface area (Å²) < 4.78 is 73.4. The van der Waals surface area contributed by atoms with E-state index < -0.39 is 35.2 Å². The Morgan fingerprint density at radius 2 is 1.10 bits per heavy atom. The summed E-state index contributed by atoms with van der Waals surface area (Å²) in [6, 6.07) is 0.938. The van der Waals surface area contributed by atoms with Crippen LogP contribution in [0.3, 0.4) is 0 Å². The zero-order chi connectivity index (χ0) is 32.0. The molecule has 0 N–H and O–H groups in total. The van der Waals surface area contributed by atoms with Gasteiger partial charge in [-0.25, -0.2) is 13.2 Å². The number of ether oxygens (including phenoxy) is 1. The molecule has 0 atom stereocenters. The van der Waals surface area contributed by atoms with Gasteiger partial charge in [0.1, 0.15) is 5.75 Å². The molecule has 2 aliphatic carbocycles. The van der Waals surface area contributed by atoms with Crippen molar-refractivity contribution in [1.29, 1.82) is 0 Å². The molecule has 0 spiro atoms. The van der Waals surface area contributed by atoms with Crippen LogP contribution in [0.1, 0.15) is 151 Å². The minimum atomic E-state index is -3.53. The highest BCUT2D eigenvalue weighted by molar-refractivity contribution is 5.25. The number of hydrogen-bond donors (Lipinski definition) is 0. The first-order valence-electron chi connectivity index (χ1n) is 16.8. The van der Waals surface area contributed by atoms with Crippen molar-refractivity contribution in [3.8, 4) is 5.75 Å². The monoisotopic (exact) mass is 604 g/mol. The van der Waals surface area contributed by atoms with E-state index in [9.17, 15) is 22.0 Å². The van der Waals surface area contributed by atoms with Gasteiger partial charge in [-0.1, -0.05) is 111 Å². The van der Waals surface area contributed by atoms with E-state index in [1.54, 1.807) is 0 Å². The van der Waals surface area contributed by atoms with Gasteiger partial charge in [-0.2, -0.15) is 8.78 Å². The Labute approximate surface area is 255 Å². The van der Waals surface area contributed by atoms with Crippen LogP contribution in [0.4, 0.5) is 22.0 Å². The molecule has 0 amide bonds. The fourth-order valence-electron chi connectivity index (χ4n) is 5.39. The van der Waals surface area contributed by atoms with Crippen LogP contribution in [-0.2, 0) is 0 Å². The van der Waals surface area contributed by atoms with Gasteiger partial charge in [-0.05, 0) is 70.1 Å². The maximum atomic E-state index is 14.6. The fourth-order valence-corrected chi connectivity index (χ4v) is 5.39. The summed E-state index contributed by atoms with van der Waals surface area (Å²) in [6.45, 7) is 14.9. The molecule has 42 heavy (non-hydrogen) atoms. The molecule has 3 rings (SSSR count). The molecule has 0 heterocycles. The molecule has 0 aromatic heterocycles. The molecule has 2 saturated carbocycles. The Morgan fingerprint density at radius 1 is 0.667 bits per heavy atom. The quantitative estimate of drug-likeness (QED) is 0.112. The minimum Gasteiger partial charge on any atom is -0.432 e. The number of allylic oxidation sites excluding steroid dienone is 2. The standard InChI is InChI=1S/C24H33F5O.2C4H10.C4H8/c1-2-3-4-5-16-6-8-17(9-7-16)18-10-12-19(13-11-18)24(28,29)30-20-14-21(25)23(27)22(26)15-20;3*1-3-4-2/h14-19H,2-13H2,1H3;2*3-4H2,1-2H3;3-4H,1-2H3/b;;;4-3-. The maximum Gasteiger partial charge on any atom is 0.400 e. The van der Waals surface area contributed by atoms with E-state index >= 15 is 0 Å². The molecule has 1 nitrogen and oxygen atoms in total. The number of alkyl halides is 2. The van der Waals surface area contributed by atoms with Crippen molar-refractivity contribution < 1.29 is 26.7 Å². The van der Waals surface area contributed by atoms with Gasteiger partial charge in [-0.15, -0.1) is 0 Å². The predicted octanol–water partition coefficient (Wildman–Crippen LogP) is 13.5. The van der Waals surface area contributed by atoms with Crippen molar-refractivity contribution in [3.63, 3.8) is 0 Å². The lowest BCUT2D eigenvalue weighted by molar-refractivity contribution is -0.224. The average molecular weight is 605 g/mol. The fraction of sp³-hybridized carbons (Fsp3) is 0.778. The summed E-state index contributed by atoms with van der Waals surface area (Å²) >= 11 is 0. The molecule has 0 bridgehead atoms. The molecule has 0 aliphatic heterocycles. The number of halogens is 5. The molecule has 246 valence electrons. The summed E-state index contributed by atoms with van der Waals surface area (Å²) in [5, 5.41) is 0. The maximum absolute atomic E-state index is 14.6. The molecule has 6 heteroatoms. The normalized spacial score (nSPS) is 22.2. The molecular weight excluding hydrogens is 543 g/mol. The summed E-state index contributed by atoms with van der Waals surface area (Å²) in [4.78, 5) is 0. The Balaban J connectivity index is 0.00000119. The Bertz CT molecular complexity index is 774. The topological polar surface area (TPSA) is 9.23 Å². The number of benzene rings is 1. The van der Waals surface area contributed by atoms with E-state index in [1.165, 1.54) is 77.0 Å². The van der Waals surface area contributed by atoms with Gasteiger partial charge in [0.25, 0.3) is 0 Å². The number of hydrogen-bond acceptors (Lipinski definition) is 1. The molecular formula is C36H61F5O. The lowest BCUT2D eigenvalue weighted by Crippen LogP contribution is -2.38. The first kappa shape index (κ1) is 40.4. The molecule has 0 saturated heterocycles. The molecule has 2 aliphatic rings. The number of rotatable bonds is 10. The third-order valence-electron chi connectivity index (χ3n) is 8.57. The third kappa shape index (κ3) is 16.3. The Hall–Kier alpha value is -1.59. The van der Waals surface area contributed by atoms with Crippen LogP contribution < -0.4 is 4.74 Å². The van der Waals surface area contributed by atoms with Crippen molar-refractivity contribution in [3.05, 3.63) is 41.7 Å². The molecule has 0 radical (unpaired) electrons. The van der Waals surface area contributed by atoms with Crippen LogP contribution in [0.25, 0.3) is 0 Å². The first-order valence-corrected chi connectivity index (χ1v) is 16.8. The van der Waals surface area contributed by atoms with Crippen LogP contribution >= 0.6 is 0 Å². The largest absolute Gasteiger partial charge is 0.432 e. The second kappa shape index (κ2) is 23.8. The van der Waals surface area contributed by atoms with Crippen LogP contribution in [0.5, 0.6) is 5.75 Å². The van der Waals surface area contributed by atoms with Crippen molar-refractivity contribution in [2.75, 3.05) is 0 Å². The SMILES string of the molecule is C/C=C\C.CCCC.CCCC.CCCCCC1CCC(C2CCC(C(F)(F)Oc3cc(F)c(F)c(F)c3)CC2)CC1. The Morgan fingerprint density at radius 3 is 1.48 bits per heavy atom. The smallest absolute Gasteiger partial charge is 0.400 e. The molecule has 1 aromatic carbocycles. The van der Waals surface area contributed by atoms with Gasteiger partial charge in [0, 0.05) is 12.1 Å². The van der Waals surface area contributed by atoms with Gasteiger partial charge in [0.05, 0.1) is 5.92 Å². The van der Waals surface area contributed by atoms with Crippen LogP contribution in [0.2, 0.25) is 0 Å². The molecule has 1 aromatic rings. The first-order chi connectivity index (χ1) is 20.0. The van der Waals surface area contributed by atoms with E-state index in [1.807, 2.05) is 26.0 Å². The number of unbranched alkanes of at least 4 members (excludes halogenated alkanes) is 4. The van der Waals surface area contributed by atoms with E-state index in [4.69, 9.17) is 0 Å². The van der Waals surface area contributed by atoms with Gasteiger partial charge < -0.3 is 4.74 Å². The predicted molar refractivity (Wildman–Crippen MR) is 169 cm³/mol. The summed E-state index contributed by atoms with van der Waals surface area (Å²) in [5.74, 6) is -4.48. The zero-order valence-electron chi connectivity index (χ0n) is 27.7. The van der Waals surface area contributed by atoms with E-state index in [0.717, 1.165) is 18.8 Å². The van der Waals surface area contributed by atoms with Gasteiger partial charge in [-0.3, -0.25) is 0 Å². The molecule has 0 unspecified atom stereocenters. The highest BCUT2D eigenvalue weighted by Crippen LogP contribution is 2.46. The van der Waals surface area contributed by atoms with Crippen molar-refractivity contribution in [1.82, 2.24) is 0 Å². The molecule has 2 fully saturated rings. The van der Waals surface area contributed by atoms with Gasteiger partial charge in [0.15, 0.2) is 17.5 Å². The second-order valence-corrected chi connectivity index (χ2v) is 11.9. The van der Waals surface area contributed by atoms with Gasteiger partial charge in [0.2, 0.25) is 0 Å². The highest BCUT2D eigenvalue weighted by atomic mass is 19.3. The second-order valence-electron chi connectivity index (χ2n) is 11.9. The van der Waals surface area contributed by atoms with E-state index in [-0.39, 0.29) is 0 Å².